The molecule has 0 aliphatic carbocycles. The van der Waals surface area contributed by atoms with Gasteiger partial charge in [0.1, 0.15) is 0 Å². The molecule has 3 nitrogen and oxygen atoms in total. The fraction of sp³-hybridized carbons (Fsp3) is 0.308. The summed E-state index contributed by atoms with van der Waals surface area (Å²) in [7, 11) is 0. The standard InChI is InChI=1S/C13H14ClF2NO2/c14-11-3-1-2-10(8-11)4-5-13(19)17(6-7-18)9-12(15)16/h1-5,8,12,18H,6-7,9H2/b5-4+. The van der Waals surface area contributed by atoms with Gasteiger partial charge in [-0.1, -0.05) is 23.7 Å². The van der Waals surface area contributed by atoms with Crippen molar-refractivity contribution in [3.05, 3.63) is 40.9 Å². The number of amides is 1. The Morgan fingerprint density at radius 1 is 1.47 bits per heavy atom. The summed E-state index contributed by atoms with van der Waals surface area (Å²) in [5, 5.41) is 9.26. The maximum absolute atomic E-state index is 12.3. The third-order valence-electron chi connectivity index (χ3n) is 2.31. The average Bonchev–Trinajstić information content (AvgIpc) is 2.35. The van der Waals surface area contributed by atoms with E-state index < -0.39 is 18.9 Å². The Balaban J connectivity index is 2.70. The molecule has 0 spiro atoms. The number of halogens is 3. The molecule has 1 amide bonds. The molecule has 0 saturated carbocycles. The lowest BCUT2D eigenvalue weighted by molar-refractivity contribution is -0.128. The van der Waals surface area contributed by atoms with Gasteiger partial charge in [-0.3, -0.25) is 4.79 Å². The quantitative estimate of drug-likeness (QED) is 0.817. The molecule has 0 aliphatic heterocycles. The number of rotatable bonds is 6. The van der Waals surface area contributed by atoms with Gasteiger partial charge in [0, 0.05) is 17.6 Å². The molecule has 1 rings (SSSR count). The predicted octanol–water partition coefficient (Wildman–Crippen LogP) is 2.44. The van der Waals surface area contributed by atoms with Crippen molar-refractivity contribution in [3.63, 3.8) is 0 Å². The Kier molecular flexibility index (Phi) is 6.45. The van der Waals surface area contributed by atoms with E-state index in [-0.39, 0.29) is 13.2 Å². The maximum Gasteiger partial charge on any atom is 0.255 e. The molecule has 1 aromatic rings. The van der Waals surface area contributed by atoms with E-state index in [1.54, 1.807) is 24.3 Å². The van der Waals surface area contributed by atoms with Crippen LogP contribution in [0.3, 0.4) is 0 Å². The van der Waals surface area contributed by atoms with Crippen molar-refractivity contribution in [3.8, 4) is 0 Å². The summed E-state index contributed by atoms with van der Waals surface area (Å²) in [5.74, 6) is -0.575. The molecule has 0 fully saturated rings. The van der Waals surface area contributed by atoms with Gasteiger partial charge in [-0.25, -0.2) is 8.78 Å². The van der Waals surface area contributed by atoms with E-state index in [0.717, 1.165) is 4.90 Å². The molecule has 0 bridgehead atoms. The number of carbonyl (C=O) groups is 1. The van der Waals surface area contributed by atoms with Gasteiger partial charge in [0.15, 0.2) is 0 Å². The van der Waals surface area contributed by atoms with Crippen molar-refractivity contribution >= 4 is 23.6 Å². The average molecular weight is 290 g/mol. The molecule has 0 saturated heterocycles. The first-order valence-corrected chi connectivity index (χ1v) is 6.02. The molecule has 0 unspecified atom stereocenters. The van der Waals surface area contributed by atoms with E-state index in [1.807, 2.05) is 0 Å². The van der Waals surface area contributed by atoms with Crippen LogP contribution in [-0.2, 0) is 4.79 Å². The van der Waals surface area contributed by atoms with E-state index >= 15 is 0 Å². The van der Waals surface area contributed by atoms with Gasteiger partial charge in [-0.15, -0.1) is 0 Å². The van der Waals surface area contributed by atoms with E-state index in [0.29, 0.717) is 10.6 Å². The second-order valence-electron chi connectivity index (χ2n) is 3.79. The van der Waals surface area contributed by atoms with Crippen molar-refractivity contribution < 1.29 is 18.7 Å². The molecule has 1 aromatic carbocycles. The monoisotopic (exact) mass is 289 g/mol. The highest BCUT2D eigenvalue weighted by Crippen LogP contribution is 2.12. The summed E-state index contributed by atoms with van der Waals surface area (Å²) < 4.78 is 24.5. The smallest absolute Gasteiger partial charge is 0.255 e. The molecule has 0 aromatic heterocycles. The number of alkyl halides is 2. The summed E-state index contributed by atoms with van der Waals surface area (Å²) in [5.41, 5.74) is 0.696. The first-order valence-electron chi connectivity index (χ1n) is 5.64. The van der Waals surface area contributed by atoms with Gasteiger partial charge in [-0.05, 0) is 23.8 Å². The Morgan fingerprint density at radius 2 is 2.21 bits per heavy atom. The molecule has 0 heterocycles. The molecule has 0 radical (unpaired) electrons. The van der Waals surface area contributed by atoms with Gasteiger partial charge in [0.2, 0.25) is 5.91 Å². The van der Waals surface area contributed by atoms with Crippen LogP contribution < -0.4 is 0 Å². The number of nitrogens with zero attached hydrogens (tertiary/aromatic N) is 1. The van der Waals surface area contributed by atoms with Crippen LogP contribution in [0.25, 0.3) is 6.08 Å². The van der Waals surface area contributed by atoms with Crippen LogP contribution >= 0.6 is 11.6 Å². The number of hydrogen-bond acceptors (Lipinski definition) is 2. The minimum atomic E-state index is -2.63. The molecule has 104 valence electrons. The summed E-state index contributed by atoms with van der Waals surface area (Å²) in [4.78, 5) is 12.6. The molecule has 19 heavy (non-hydrogen) atoms. The number of carbonyl (C=O) groups excluding carboxylic acids is 1. The zero-order valence-corrected chi connectivity index (χ0v) is 10.9. The Morgan fingerprint density at radius 3 is 2.79 bits per heavy atom. The summed E-state index contributed by atoms with van der Waals surface area (Å²) in [6.07, 6.45) is 0.0448. The second kappa shape index (κ2) is 7.86. The van der Waals surface area contributed by atoms with Gasteiger partial charge in [-0.2, -0.15) is 0 Å². The summed E-state index contributed by atoms with van der Waals surface area (Å²) in [6, 6.07) is 6.79. The molecular formula is C13H14ClF2NO2. The minimum absolute atomic E-state index is 0.122. The van der Waals surface area contributed by atoms with Gasteiger partial charge >= 0.3 is 0 Å². The van der Waals surface area contributed by atoms with Crippen LogP contribution in [-0.4, -0.2) is 42.0 Å². The van der Waals surface area contributed by atoms with Crippen molar-refractivity contribution in [1.29, 1.82) is 0 Å². The van der Waals surface area contributed by atoms with Crippen LogP contribution in [0, 0.1) is 0 Å². The second-order valence-corrected chi connectivity index (χ2v) is 4.22. The van der Waals surface area contributed by atoms with E-state index in [9.17, 15) is 13.6 Å². The third-order valence-corrected chi connectivity index (χ3v) is 2.54. The van der Waals surface area contributed by atoms with E-state index in [2.05, 4.69) is 0 Å². The van der Waals surface area contributed by atoms with Gasteiger partial charge in [0.05, 0.1) is 13.2 Å². The van der Waals surface area contributed by atoms with Crippen molar-refractivity contribution in [1.82, 2.24) is 4.90 Å². The van der Waals surface area contributed by atoms with Gasteiger partial charge in [0.25, 0.3) is 6.43 Å². The SMILES string of the molecule is O=C(/C=C/c1cccc(Cl)c1)N(CCO)CC(F)F. The predicted molar refractivity (Wildman–Crippen MR) is 70.2 cm³/mol. The van der Waals surface area contributed by atoms with E-state index in [4.69, 9.17) is 16.7 Å². The molecule has 0 aliphatic rings. The molecule has 1 N–H and O–H groups in total. The Hall–Kier alpha value is -1.46. The Labute approximate surface area is 115 Å². The van der Waals surface area contributed by atoms with Crippen LogP contribution in [0.5, 0.6) is 0 Å². The lowest BCUT2D eigenvalue weighted by Gasteiger charge is -2.19. The number of aliphatic hydroxyl groups is 1. The fourth-order valence-corrected chi connectivity index (χ4v) is 1.66. The molecule has 6 heteroatoms. The first kappa shape index (κ1) is 15.6. The normalized spacial score (nSPS) is 11.2. The highest BCUT2D eigenvalue weighted by molar-refractivity contribution is 6.30. The van der Waals surface area contributed by atoms with Crippen LogP contribution in [0.2, 0.25) is 5.02 Å². The lowest BCUT2D eigenvalue weighted by atomic mass is 10.2. The third kappa shape index (κ3) is 5.81. The number of aliphatic hydroxyl groups excluding tert-OH is 1. The first-order chi connectivity index (χ1) is 9.02. The van der Waals surface area contributed by atoms with E-state index in [1.165, 1.54) is 12.2 Å². The zero-order chi connectivity index (χ0) is 14.3. The lowest BCUT2D eigenvalue weighted by Crippen LogP contribution is -2.36. The van der Waals surface area contributed by atoms with Crippen LogP contribution in [0.1, 0.15) is 5.56 Å². The summed E-state index contributed by atoms with van der Waals surface area (Å²) in [6.45, 7) is -1.17. The van der Waals surface area contributed by atoms with Crippen molar-refractivity contribution in [2.24, 2.45) is 0 Å². The number of hydrogen-bond donors (Lipinski definition) is 1. The van der Waals surface area contributed by atoms with Crippen molar-refractivity contribution in [2.45, 2.75) is 6.43 Å². The highest BCUT2D eigenvalue weighted by Gasteiger charge is 2.15. The largest absolute Gasteiger partial charge is 0.395 e. The van der Waals surface area contributed by atoms with Crippen LogP contribution in [0.15, 0.2) is 30.3 Å². The Bertz CT molecular complexity index is 452. The van der Waals surface area contributed by atoms with Gasteiger partial charge < -0.3 is 10.0 Å². The maximum atomic E-state index is 12.3. The zero-order valence-electron chi connectivity index (χ0n) is 10.1. The van der Waals surface area contributed by atoms with Crippen molar-refractivity contribution in [2.75, 3.05) is 19.7 Å². The summed E-state index contributed by atoms with van der Waals surface area (Å²) >= 11 is 5.78. The molecular weight excluding hydrogens is 276 g/mol. The van der Waals surface area contributed by atoms with Crippen LogP contribution in [0.4, 0.5) is 8.78 Å². The highest BCUT2D eigenvalue weighted by atomic mass is 35.5. The topological polar surface area (TPSA) is 40.5 Å². The molecule has 0 atom stereocenters. The number of benzene rings is 1. The fourth-order valence-electron chi connectivity index (χ4n) is 1.46. The minimum Gasteiger partial charge on any atom is -0.395 e.